The number of carbonyl (C=O) groups excluding carboxylic acids is 6. The topological polar surface area (TPSA) is 146 Å². The van der Waals surface area contributed by atoms with Gasteiger partial charge in [0.15, 0.2) is 12.6 Å². The number of ether oxygens (including phenoxy) is 4. The number of fused-ring (bicyclic) bond motifs is 10. The van der Waals surface area contributed by atoms with E-state index in [2.05, 4.69) is 6.92 Å². The molecule has 4 amide bonds. The van der Waals surface area contributed by atoms with Gasteiger partial charge in [-0.2, -0.15) is 0 Å². The minimum atomic E-state index is -0.665. The van der Waals surface area contributed by atoms with Gasteiger partial charge in [-0.3, -0.25) is 38.6 Å². The van der Waals surface area contributed by atoms with Crippen LogP contribution in [0.2, 0.25) is 0 Å². The lowest BCUT2D eigenvalue weighted by Gasteiger charge is -2.19. The van der Waals surface area contributed by atoms with Crippen molar-refractivity contribution in [1.29, 1.82) is 0 Å². The fraction of sp³-hybridized carbons (Fsp3) is 0.846. The van der Waals surface area contributed by atoms with E-state index in [-0.39, 0.29) is 72.1 Å². The van der Waals surface area contributed by atoms with Gasteiger partial charge < -0.3 is 18.9 Å². The standard InChI is InChI=1S/C39H58N2O10/c1-23-28-16-17-29(23)35-34(28)38(46)41(39(35)47)19-9-5-7-13-31(43)51-25(3)49-21-11-10-20-48-24(2)50-30(42)12-6-4-8-18-40-36(44)32-26-14-15-27(22-26)33(32)37(40)45/h23-29,32-35H,4-22H2,1-3H3. The molecule has 2 heterocycles. The van der Waals surface area contributed by atoms with Crippen LogP contribution in [-0.4, -0.2) is 84.3 Å². The number of imide groups is 2. The number of nitrogens with zero attached hydrogens (tertiary/aromatic N) is 2. The Hall–Kier alpha value is -2.86. The van der Waals surface area contributed by atoms with Crippen molar-refractivity contribution in [1.82, 2.24) is 9.80 Å². The van der Waals surface area contributed by atoms with Crippen LogP contribution in [0.15, 0.2) is 0 Å². The molecule has 12 nitrogen and oxygen atoms in total. The van der Waals surface area contributed by atoms with E-state index in [9.17, 15) is 28.8 Å². The predicted octanol–water partition coefficient (Wildman–Crippen LogP) is 5.01. The first-order valence-corrected chi connectivity index (χ1v) is 19.9. The third-order valence-corrected chi connectivity index (χ3v) is 13.0. The second-order valence-electron chi connectivity index (χ2n) is 16.0. The molecule has 0 aromatic carbocycles. The number of rotatable bonds is 21. The van der Waals surface area contributed by atoms with E-state index in [1.807, 2.05) is 0 Å². The normalized spacial score (nSPS) is 33.0. The summed E-state index contributed by atoms with van der Waals surface area (Å²) < 4.78 is 21.9. The summed E-state index contributed by atoms with van der Waals surface area (Å²) in [5, 5.41) is 0. The van der Waals surface area contributed by atoms with Gasteiger partial charge in [0.25, 0.3) is 0 Å². The number of unbranched alkanes of at least 4 members (excludes halogenated alkanes) is 5. The number of likely N-dealkylation sites (tertiary alicyclic amines) is 2. The molecule has 6 fully saturated rings. The Morgan fingerprint density at radius 2 is 1.00 bits per heavy atom. The summed E-state index contributed by atoms with van der Waals surface area (Å²) in [6, 6.07) is 0. The van der Waals surface area contributed by atoms with Crippen molar-refractivity contribution in [3.05, 3.63) is 0 Å². The molecule has 2 aliphatic heterocycles. The van der Waals surface area contributed by atoms with E-state index in [4.69, 9.17) is 18.9 Å². The maximum atomic E-state index is 12.9. The van der Waals surface area contributed by atoms with E-state index in [0.29, 0.717) is 94.4 Å². The number of esters is 2. The highest BCUT2D eigenvalue weighted by Crippen LogP contribution is 2.59. The highest BCUT2D eigenvalue weighted by atomic mass is 16.7. The molecule has 51 heavy (non-hydrogen) atoms. The average Bonchev–Trinajstić information content (AvgIpc) is 3.94. The van der Waals surface area contributed by atoms with Crippen LogP contribution in [0.25, 0.3) is 0 Å². The van der Waals surface area contributed by atoms with Crippen molar-refractivity contribution in [3.63, 3.8) is 0 Å². The van der Waals surface area contributed by atoms with Crippen LogP contribution in [0.3, 0.4) is 0 Å². The third-order valence-electron chi connectivity index (χ3n) is 13.0. The monoisotopic (exact) mass is 714 g/mol. The molecule has 6 aliphatic rings. The Morgan fingerprint density at radius 3 is 1.43 bits per heavy atom. The van der Waals surface area contributed by atoms with Gasteiger partial charge in [-0.05, 0) is 114 Å². The number of carbonyl (C=O) groups is 6. The second kappa shape index (κ2) is 16.9. The predicted molar refractivity (Wildman–Crippen MR) is 183 cm³/mol. The van der Waals surface area contributed by atoms with Crippen molar-refractivity contribution >= 4 is 35.6 Å². The van der Waals surface area contributed by atoms with Crippen molar-refractivity contribution in [2.45, 2.75) is 130 Å². The lowest BCUT2D eigenvalue weighted by Crippen LogP contribution is -2.34. The van der Waals surface area contributed by atoms with Gasteiger partial charge in [-0.15, -0.1) is 0 Å². The largest absolute Gasteiger partial charge is 0.436 e. The Kier molecular flexibility index (Phi) is 12.5. The van der Waals surface area contributed by atoms with Gasteiger partial charge >= 0.3 is 11.9 Å². The Labute approximate surface area is 302 Å². The van der Waals surface area contributed by atoms with E-state index < -0.39 is 12.6 Å². The number of hydrogen-bond donors (Lipinski definition) is 0. The first-order valence-electron chi connectivity index (χ1n) is 19.9. The van der Waals surface area contributed by atoms with Gasteiger partial charge in [0.2, 0.25) is 23.6 Å². The van der Waals surface area contributed by atoms with Crippen LogP contribution in [0.5, 0.6) is 0 Å². The average molecular weight is 715 g/mol. The second-order valence-corrected chi connectivity index (χ2v) is 16.0. The van der Waals surface area contributed by atoms with Crippen molar-refractivity contribution in [2.24, 2.45) is 53.3 Å². The molecule has 0 aromatic rings. The minimum Gasteiger partial charge on any atom is -0.436 e. The summed E-state index contributed by atoms with van der Waals surface area (Å²) in [6.45, 7) is 7.23. The van der Waals surface area contributed by atoms with Crippen molar-refractivity contribution in [2.75, 3.05) is 26.3 Å². The van der Waals surface area contributed by atoms with E-state index >= 15 is 0 Å². The summed E-state index contributed by atoms with van der Waals surface area (Å²) >= 11 is 0. The van der Waals surface area contributed by atoms with E-state index in [1.165, 1.54) is 9.80 Å². The third kappa shape index (κ3) is 8.21. The fourth-order valence-electron chi connectivity index (χ4n) is 10.5. The highest BCUT2D eigenvalue weighted by Gasteiger charge is 2.64. The smallest absolute Gasteiger partial charge is 0.308 e. The Balaban J connectivity index is 0.720. The summed E-state index contributed by atoms with van der Waals surface area (Å²) in [5.41, 5.74) is 0. The van der Waals surface area contributed by atoms with E-state index in [1.54, 1.807) is 13.8 Å². The molecular formula is C39H58N2O10. The van der Waals surface area contributed by atoms with Crippen molar-refractivity contribution in [3.8, 4) is 0 Å². The molecule has 10 atom stereocenters. The van der Waals surface area contributed by atoms with Gasteiger partial charge in [-0.25, -0.2) is 0 Å². The lowest BCUT2D eigenvalue weighted by molar-refractivity contribution is -0.178. The maximum Gasteiger partial charge on any atom is 0.308 e. The van der Waals surface area contributed by atoms with Gasteiger partial charge in [0.05, 0.1) is 36.9 Å². The summed E-state index contributed by atoms with van der Waals surface area (Å²) in [7, 11) is 0. The highest BCUT2D eigenvalue weighted by molar-refractivity contribution is 6.06. The first-order chi connectivity index (χ1) is 24.6. The first kappa shape index (κ1) is 37.9. The summed E-state index contributed by atoms with van der Waals surface area (Å²) in [5.74, 6) is 1.12. The van der Waals surface area contributed by atoms with Crippen LogP contribution in [0, 0.1) is 53.3 Å². The van der Waals surface area contributed by atoms with Gasteiger partial charge in [-0.1, -0.05) is 19.8 Å². The quantitative estimate of drug-likeness (QED) is 0.0689. The van der Waals surface area contributed by atoms with E-state index in [0.717, 1.165) is 44.9 Å². The molecule has 4 aliphatic carbocycles. The minimum absolute atomic E-state index is 0.0267. The van der Waals surface area contributed by atoms with Crippen molar-refractivity contribution < 1.29 is 47.7 Å². The number of amides is 4. The van der Waals surface area contributed by atoms with Crippen LogP contribution in [0.4, 0.5) is 0 Å². The molecule has 0 aromatic heterocycles. The molecule has 0 radical (unpaired) electrons. The van der Waals surface area contributed by atoms with Crippen LogP contribution in [-0.2, 0) is 47.7 Å². The maximum absolute atomic E-state index is 12.9. The molecule has 10 unspecified atom stereocenters. The molecule has 284 valence electrons. The molecule has 4 bridgehead atoms. The lowest BCUT2D eigenvalue weighted by atomic mass is 9.81. The molecule has 0 N–H and O–H groups in total. The molecule has 0 spiro atoms. The zero-order valence-electron chi connectivity index (χ0n) is 30.8. The van der Waals surface area contributed by atoms with Crippen LogP contribution >= 0.6 is 0 Å². The summed E-state index contributed by atoms with van der Waals surface area (Å²) in [4.78, 5) is 78.9. The Morgan fingerprint density at radius 1 is 0.588 bits per heavy atom. The van der Waals surface area contributed by atoms with Gasteiger partial charge in [0.1, 0.15) is 0 Å². The zero-order valence-corrected chi connectivity index (χ0v) is 30.8. The molecule has 6 rings (SSSR count). The SMILES string of the molecule is CC(OCCCCOC(C)OC(=O)CCCCCN1C(=O)C2C3CCC(C3C)C2C1=O)OC(=O)CCCCCN1C(=O)C2C3CCC(C3)C2C1=O. The number of hydrogen-bond acceptors (Lipinski definition) is 10. The zero-order chi connectivity index (χ0) is 36.2. The molecular weight excluding hydrogens is 656 g/mol. The van der Waals surface area contributed by atoms with Crippen LogP contribution < -0.4 is 0 Å². The Bertz CT molecular complexity index is 1260. The fourth-order valence-corrected chi connectivity index (χ4v) is 10.5. The molecule has 2 saturated heterocycles. The summed E-state index contributed by atoms with van der Waals surface area (Å²) in [6.07, 6.45) is 10.0. The molecule has 12 heteroatoms. The van der Waals surface area contributed by atoms with Gasteiger partial charge in [0, 0.05) is 25.9 Å². The van der Waals surface area contributed by atoms with Crippen LogP contribution in [0.1, 0.15) is 117 Å². The molecule has 4 saturated carbocycles.